The summed E-state index contributed by atoms with van der Waals surface area (Å²) in [4.78, 5) is 26.3. The first-order valence-corrected chi connectivity index (χ1v) is 9.65. The van der Waals surface area contributed by atoms with Crippen molar-refractivity contribution in [2.75, 3.05) is 12.3 Å². The number of benzene rings is 2. The van der Waals surface area contributed by atoms with E-state index in [0.29, 0.717) is 20.5 Å². The van der Waals surface area contributed by atoms with Crippen LogP contribution < -0.4 is 5.73 Å². The van der Waals surface area contributed by atoms with Gasteiger partial charge in [0, 0.05) is 20.5 Å². The summed E-state index contributed by atoms with van der Waals surface area (Å²) < 4.78 is 5.12. The molecule has 0 aliphatic rings. The molecule has 27 heavy (non-hydrogen) atoms. The lowest BCUT2D eigenvalue weighted by Gasteiger charge is -2.08. The molecule has 2 aromatic carbocycles. The Bertz CT molecular complexity index is 995. The highest BCUT2D eigenvalue weighted by Gasteiger charge is 2.29. The second kappa shape index (κ2) is 8.13. The van der Waals surface area contributed by atoms with Gasteiger partial charge in [-0.05, 0) is 48.9 Å². The summed E-state index contributed by atoms with van der Waals surface area (Å²) in [7, 11) is 0. The third-order valence-corrected chi connectivity index (χ3v) is 5.43. The Labute approximate surface area is 170 Å². The molecule has 7 heteroatoms. The highest BCUT2D eigenvalue weighted by molar-refractivity contribution is 7.20. The van der Waals surface area contributed by atoms with E-state index in [-0.39, 0.29) is 28.5 Å². The fourth-order valence-electron chi connectivity index (χ4n) is 2.62. The van der Waals surface area contributed by atoms with Crippen molar-refractivity contribution in [2.24, 2.45) is 0 Å². The number of hydrogen-bond donors (Lipinski definition) is 1. The molecule has 0 bridgehead atoms. The third-order valence-electron chi connectivity index (χ3n) is 3.85. The summed E-state index contributed by atoms with van der Waals surface area (Å²) in [6.07, 6.45) is 0. The van der Waals surface area contributed by atoms with Gasteiger partial charge in [-0.25, -0.2) is 4.79 Å². The Morgan fingerprint density at radius 2 is 1.52 bits per heavy atom. The number of rotatable bonds is 5. The van der Waals surface area contributed by atoms with Crippen LogP contribution in [0.15, 0.2) is 48.5 Å². The largest absolute Gasteiger partial charge is 0.462 e. The molecule has 1 heterocycles. The van der Waals surface area contributed by atoms with Crippen molar-refractivity contribution < 1.29 is 14.3 Å². The van der Waals surface area contributed by atoms with Crippen molar-refractivity contribution in [3.05, 3.63) is 75.3 Å². The number of hydrogen-bond acceptors (Lipinski definition) is 5. The van der Waals surface area contributed by atoms with E-state index in [1.54, 1.807) is 55.5 Å². The molecule has 1 aromatic heterocycles. The van der Waals surface area contributed by atoms with Gasteiger partial charge in [0.1, 0.15) is 10.6 Å². The standard InChI is InChI=1S/C20H15Cl2NO3S/c1-2-26-20(25)16-15(17(24)11-3-7-13(21)8-4-11)18(27-19(16)23)12-5-9-14(22)10-6-12/h3-10H,2,23H2,1H3. The smallest absolute Gasteiger partial charge is 0.341 e. The molecule has 3 aromatic rings. The highest BCUT2D eigenvalue weighted by Crippen LogP contribution is 2.40. The van der Waals surface area contributed by atoms with Gasteiger partial charge in [-0.3, -0.25) is 4.79 Å². The first-order valence-electron chi connectivity index (χ1n) is 8.08. The summed E-state index contributed by atoms with van der Waals surface area (Å²) in [5.41, 5.74) is 7.55. The minimum atomic E-state index is -0.622. The minimum Gasteiger partial charge on any atom is -0.462 e. The van der Waals surface area contributed by atoms with Gasteiger partial charge in [0.05, 0.1) is 12.2 Å². The molecule has 0 unspecified atom stereocenters. The van der Waals surface area contributed by atoms with Gasteiger partial charge in [0.25, 0.3) is 0 Å². The van der Waals surface area contributed by atoms with Crippen LogP contribution in [-0.4, -0.2) is 18.4 Å². The van der Waals surface area contributed by atoms with Crippen molar-refractivity contribution in [1.29, 1.82) is 0 Å². The van der Waals surface area contributed by atoms with Gasteiger partial charge in [0.2, 0.25) is 0 Å². The average molecular weight is 420 g/mol. The molecule has 4 nitrogen and oxygen atoms in total. The molecule has 0 atom stereocenters. The number of thiophene rings is 1. The Hall–Kier alpha value is -2.34. The Balaban J connectivity index is 2.21. The summed E-state index contributed by atoms with van der Waals surface area (Å²) in [5, 5.41) is 1.31. The number of halogens is 2. The maximum atomic E-state index is 13.2. The van der Waals surface area contributed by atoms with Crippen LogP contribution in [0.1, 0.15) is 33.2 Å². The number of anilines is 1. The average Bonchev–Trinajstić information content (AvgIpc) is 3.00. The molecule has 0 saturated carbocycles. The van der Waals surface area contributed by atoms with E-state index in [9.17, 15) is 9.59 Å². The van der Waals surface area contributed by atoms with E-state index in [2.05, 4.69) is 0 Å². The molecular formula is C20H15Cl2NO3S. The maximum Gasteiger partial charge on any atom is 0.341 e. The third kappa shape index (κ3) is 4.00. The van der Waals surface area contributed by atoms with Crippen LogP contribution in [0, 0.1) is 0 Å². The molecule has 0 aliphatic carbocycles. The quantitative estimate of drug-likeness (QED) is 0.424. The van der Waals surface area contributed by atoms with Gasteiger partial charge >= 0.3 is 5.97 Å². The van der Waals surface area contributed by atoms with Crippen LogP contribution in [0.2, 0.25) is 10.0 Å². The van der Waals surface area contributed by atoms with Crippen molar-refractivity contribution in [3.8, 4) is 10.4 Å². The zero-order chi connectivity index (χ0) is 19.6. The van der Waals surface area contributed by atoms with Gasteiger partial charge < -0.3 is 10.5 Å². The van der Waals surface area contributed by atoms with Crippen LogP contribution in [0.25, 0.3) is 10.4 Å². The van der Waals surface area contributed by atoms with E-state index >= 15 is 0 Å². The van der Waals surface area contributed by atoms with Crippen molar-refractivity contribution in [1.82, 2.24) is 0 Å². The van der Waals surface area contributed by atoms with E-state index < -0.39 is 5.97 Å². The molecular weight excluding hydrogens is 405 g/mol. The van der Waals surface area contributed by atoms with Crippen molar-refractivity contribution in [3.63, 3.8) is 0 Å². The summed E-state index contributed by atoms with van der Waals surface area (Å²) >= 11 is 13.0. The molecule has 0 aliphatic heterocycles. The summed E-state index contributed by atoms with van der Waals surface area (Å²) in [6, 6.07) is 13.5. The lowest BCUT2D eigenvalue weighted by Crippen LogP contribution is -2.13. The molecule has 0 saturated heterocycles. The van der Waals surface area contributed by atoms with Crippen LogP contribution in [0.3, 0.4) is 0 Å². The van der Waals surface area contributed by atoms with Gasteiger partial charge in [0.15, 0.2) is 5.78 Å². The Morgan fingerprint density at radius 1 is 0.963 bits per heavy atom. The first-order chi connectivity index (χ1) is 12.9. The molecule has 2 N–H and O–H groups in total. The monoisotopic (exact) mass is 419 g/mol. The van der Waals surface area contributed by atoms with E-state index in [0.717, 1.165) is 5.56 Å². The molecule has 0 spiro atoms. The highest BCUT2D eigenvalue weighted by atomic mass is 35.5. The van der Waals surface area contributed by atoms with Gasteiger partial charge in [-0.15, -0.1) is 11.3 Å². The van der Waals surface area contributed by atoms with Gasteiger partial charge in [-0.2, -0.15) is 0 Å². The SMILES string of the molecule is CCOC(=O)c1c(N)sc(-c2ccc(Cl)cc2)c1C(=O)c1ccc(Cl)cc1. The number of carbonyl (C=O) groups is 2. The zero-order valence-electron chi connectivity index (χ0n) is 14.3. The summed E-state index contributed by atoms with van der Waals surface area (Å²) in [6.45, 7) is 1.88. The molecule has 0 radical (unpaired) electrons. The zero-order valence-corrected chi connectivity index (χ0v) is 16.6. The number of esters is 1. The number of ketones is 1. The van der Waals surface area contributed by atoms with E-state index in [4.69, 9.17) is 33.7 Å². The number of nitrogen functional groups attached to an aromatic ring is 1. The fraction of sp³-hybridized carbons (Fsp3) is 0.100. The van der Waals surface area contributed by atoms with E-state index in [1.165, 1.54) is 11.3 Å². The summed E-state index contributed by atoms with van der Waals surface area (Å²) in [5.74, 6) is -0.948. The number of ether oxygens (including phenoxy) is 1. The van der Waals surface area contributed by atoms with E-state index in [1.807, 2.05) is 0 Å². The molecule has 0 fully saturated rings. The fourth-order valence-corrected chi connectivity index (χ4v) is 3.93. The minimum absolute atomic E-state index is 0.0896. The second-order valence-electron chi connectivity index (χ2n) is 5.61. The van der Waals surface area contributed by atoms with Gasteiger partial charge in [-0.1, -0.05) is 35.3 Å². The second-order valence-corrected chi connectivity index (χ2v) is 7.53. The normalized spacial score (nSPS) is 10.6. The Kier molecular flexibility index (Phi) is 5.85. The maximum absolute atomic E-state index is 13.2. The molecule has 3 rings (SSSR count). The Morgan fingerprint density at radius 3 is 2.07 bits per heavy atom. The lowest BCUT2D eigenvalue weighted by molar-refractivity contribution is 0.0525. The number of nitrogens with two attached hydrogens (primary N) is 1. The molecule has 138 valence electrons. The predicted molar refractivity (Wildman–Crippen MR) is 110 cm³/mol. The first kappa shape index (κ1) is 19.4. The molecule has 0 amide bonds. The number of carbonyl (C=O) groups excluding carboxylic acids is 2. The van der Waals surface area contributed by atoms with Crippen molar-refractivity contribution >= 4 is 51.3 Å². The van der Waals surface area contributed by atoms with Crippen LogP contribution in [-0.2, 0) is 4.74 Å². The predicted octanol–water partition coefficient (Wildman–Crippen LogP) is 5.71. The van der Waals surface area contributed by atoms with Crippen molar-refractivity contribution in [2.45, 2.75) is 6.92 Å². The van der Waals surface area contributed by atoms with Crippen LogP contribution in [0.5, 0.6) is 0 Å². The topological polar surface area (TPSA) is 69.4 Å². The van der Waals surface area contributed by atoms with Crippen LogP contribution in [0.4, 0.5) is 5.00 Å². The lowest BCUT2D eigenvalue weighted by atomic mass is 9.97. The van der Waals surface area contributed by atoms with Crippen LogP contribution >= 0.6 is 34.5 Å².